The molecule has 2 heterocycles. The van der Waals surface area contributed by atoms with Gasteiger partial charge < -0.3 is 15.1 Å². The summed E-state index contributed by atoms with van der Waals surface area (Å²) in [6.45, 7) is 3.51. The van der Waals surface area contributed by atoms with Gasteiger partial charge in [0.1, 0.15) is 11.6 Å². The summed E-state index contributed by atoms with van der Waals surface area (Å²) in [6.07, 6.45) is 5.09. The van der Waals surface area contributed by atoms with Crippen molar-refractivity contribution in [3.8, 4) is 0 Å². The average molecular weight is 274 g/mol. The molecule has 0 atom stereocenters. The number of rotatable bonds is 6. The average Bonchev–Trinajstić information content (AvgIpc) is 3.06. The van der Waals surface area contributed by atoms with Crippen LogP contribution in [0.1, 0.15) is 29.9 Å². The highest BCUT2D eigenvalue weighted by Gasteiger charge is 2.33. The Morgan fingerprint density at radius 2 is 2.30 bits per heavy atom. The molecule has 5 nitrogen and oxygen atoms in total. The third kappa shape index (κ3) is 2.45. The molecule has 0 aromatic carbocycles. The zero-order valence-corrected chi connectivity index (χ0v) is 12.2. The molecule has 1 fully saturated rings. The van der Waals surface area contributed by atoms with Crippen molar-refractivity contribution < 1.29 is 4.42 Å². The van der Waals surface area contributed by atoms with Crippen molar-refractivity contribution in [2.75, 3.05) is 11.4 Å². The lowest BCUT2D eigenvalue weighted by Crippen LogP contribution is -2.28. The van der Waals surface area contributed by atoms with E-state index >= 15 is 0 Å². The Bertz CT molecular complexity index is 569. The molecule has 1 aliphatic carbocycles. The summed E-state index contributed by atoms with van der Waals surface area (Å²) in [7, 11) is 2.01. The van der Waals surface area contributed by atoms with Crippen molar-refractivity contribution in [2.45, 2.75) is 38.8 Å². The maximum absolute atomic E-state index is 5.76. The van der Waals surface area contributed by atoms with Crippen molar-refractivity contribution in [1.29, 1.82) is 0 Å². The molecule has 0 unspecified atom stereocenters. The van der Waals surface area contributed by atoms with Crippen LogP contribution >= 0.6 is 0 Å². The SMILES string of the molecule is Cc1nn(C)c(N(Cc2ccco2)C2CC2)c1CCN. The highest BCUT2D eigenvalue weighted by Crippen LogP contribution is 2.35. The normalized spacial score (nSPS) is 14.8. The van der Waals surface area contributed by atoms with Gasteiger partial charge in [-0.05, 0) is 44.9 Å². The van der Waals surface area contributed by atoms with Gasteiger partial charge >= 0.3 is 0 Å². The molecule has 5 heteroatoms. The van der Waals surface area contributed by atoms with E-state index in [1.54, 1.807) is 6.26 Å². The summed E-state index contributed by atoms with van der Waals surface area (Å²) in [5.74, 6) is 2.20. The van der Waals surface area contributed by atoms with Crippen molar-refractivity contribution in [1.82, 2.24) is 9.78 Å². The van der Waals surface area contributed by atoms with Crippen LogP contribution in [0.5, 0.6) is 0 Å². The Labute approximate surface area is 119 Å². The number of aryl methyl sites for hydroxylation is 2. The van der Waals surface area contributed by atoms with Crippen LogP contribution in [0.3, 0.4) is 0 Å². The highest BCUT2D eigenvalue weighted by molar-refractivity contribution is 5.52. The van der Waals surface area contributed by atoms with E-state index in [1.807, 2.05) is 23.9 Å². The quantitative estimate of drug-likeness (QED) is 0.875. The van der Waals surface area contributed by atoms with Gasteiger partial charge in [0.05, 0.1) is 18.5 Å². The Morgan fingerprint density at radius 1 is 1.50 bits per heavy atom. The summed E-state index contributed by atoms with van der Waals surface area (Å²) >= 11 is 0. The fourth-order valence-electron chi connectivity index (χ4n) is 2.82. The molecular formula is C15H22N4O. The summed E-state index contributed by atoms with van der Waals surface area (Å²) < 4.78 is 7.50. The number of nitrogens with two attached hydrogens (primary N) is 1. The molecule has 20 heavy (non-hydrogen) atoms. The fraction of sp³-hybridized carbons (Fsp3) is 0.533. The van der Waals surface area contributed by atoms with Gasteiger partial charge in [0.25, 0.3) is 0 Å². The molecule has 0 bridgehead atoms. The lowest BCUT2D eigenvalue weighted by molar-refractivity contribution is 0.497. The second kappa shape index (κ2) is 5.32. The van der Waals surface area contributed by atoms with Crippen LogP contribution < -0.4 is 10.6 Å². The standard InChI is InChI=1S/C15H22N4O/c1-11-14(7-8-16)15(18(2)17-11)19(12-5-6-12)10-13-4-3-9-20-13/h3-4,9,12H,5-8,10,16H2,1-2H3. The predicted octanol–water partition coefficient (Wildman–Crippen LogP) is 1.99. The second-order valence-electron chi connectivity index (χ2n) is 5.49. The molecule has 0 radical (unpaired) electrons. The molecule has 3 rings (SSSR count). The zero-order valence-electron chi connectivity index (χ0n) is 12.2. The van der Waals surface area contributed by atoms with Gasteiger partial charge in [-0.3, -0.25) is 4.68 Å². The maximum atomic E-state index is 5.76. The summed E-state index contributed by atoms with van der Waals surface area (Å²) in [5.41, 5.74) is 8.11. The second-order valence-corrected chi connectivity index (χ2v) is 5.49. The van der Waals surface area contributed by atoms with E-state index < -0.39 is 0 Å². The third-order valence-electron chi connectivity index (χ3n) is 3.87. The van der Waals surface area contributed by atoms with Gasteiger partial charge in [0.2, 0.25) is 0 Å². The maximum Gasteiger partial charge on any atom is 0.130 e. The van der Waals surface area contributed by atoms with Crippen LogP contribution in [-0.4, -0.2) is 22.4 Å². The first-order valence-corrected chi connectivity index (χ1v) is 7.22. The Hall–Kier alpha value is -1.75. The minimum Gasteiger partial charge on any atom is -0.467 e. The number of anilines is 1. The topological polar surface area (TPSA) is 60.2 Å². The van der Waals surface area contributed by atoms with Gasteiger partial charge in [-0.1, -0.05) is 0 Å². The van der Waals surface area contributed by atoms with Crippen LogP contribution in [0.25, 0.3) is 0 Å². The summed E-state index contributed by atoms with van der Waals surface area (Å²) in [4.78, 5) is 2.42. The molecule has 108 valence electrons. The Morgan fingerprint density at radius 3 is 2.90 bits per heavy atom. The molecule has 0 saturated heterocycles. The van der Waals surface area contributed by atoms with Crippen molar-refractivity contribution >= 4 is 5.82 Å². The van der Waals surface area contributed by atoms with E-state index in [2.05, 4.69) is 16.9 Å². The lowest BCUT2D eigenvalue weighted by atomic mass is 10.1. The van der Waals surface area contributed by atoms with Gasteiger partial charge in [-0.2, -0.15) is 5.10 Å². The number of hydrogen-bond donors (Lipinski definition) is 1. The van der Waals surface area contributed by atoms with Crippen molar-refractivity contribution in [3.05, 3.63) is 35.4 Å². The fourth-order valence-corrected chi connectivity index (χ4v) is 2.82. The largest absolute Gasteiger partial charge is 0.467 e. The van der Waals surface area contributed by atoms with Gasteiger partial charge in [0, 0.05) is 18.7 Å². The number of aromatic nitrogens is 2. The number of hydrogen-bond acceptors (Lipinski definition) is 4. The first kappa shape index (κ1) is 13.2. The van der Waals surface area contributed by atoms with Crippen LogP contribution in [0.4, 0.5) is 5.82 Å². The van der Waals surface area contributed by atoms with E-state index in [1.165, 1.54) is 24.2 Å². The molecule has 1 saturated carbocycles. The van der Waals surface area contributed by atoms with Gasteiger partial charge in [0.15, 0.2) is 0 Å². The van der Waals surface area contributed by atoms with Crippen LogP contribution in [0.2, 0.25) is 0 Å². The molecule has 1 aliphatic rings. The Kier molecular flexibility index (Phi) is 3.53. The summed E-state index contributed by atoms with van der Waals surface area (Å²) in [6, 6.07) is 4.57. The Balaban J connectivity index is 1.94. The van der Waals surface area contributed by atoms with E-state index in [0.29, 0.717) is 12.6 Å². The van der Waals surface area contributed by atoms with Crippen molar-refractivity contribution in [3.63, 3.8) is 0 Å². The number of nitrogens with zero attached hydrogens (tertiary/aromatic N) is 3. The predicted molar refractivity (Wildman–Crippen MR) is 78.6 cm³/mol. The molecule has 0 amide bonds. The van der Waals surface area contributed by atoms with E-state index in [0.717, 1.165) is 24.4 Å². The van der Waals surface area contributed by atoms with E-state index in [9.17, 15) is 0 Å². The van der Waals surface area contributed by atoms with Crippen LogP contribution in [-0.2, 0) is 20.0 Å². The zero-order chi connectivity index (χ0) is 14.1. The molecule has 2 N–H and O–H groups in total. The molecular weight excluding hydrogens is 252 g/mol. The number of furan rings is 1. The van der Waals surface area contributed by atoms with Crippen molar-refractivity contribution in [2.24, 2.45) is 12.8 Å². The van der Waals surface area contributed by atoms with Gasteiger partial charge in [-0.15, -0.1) is 0 Å². The first-order chi connectivity index (χ1) is 9.70. The van der Waals surface area contributed by atoms with Gasteiger partial charge in [-0.25, -0.2) is 0 Å². The molecule has 0 spiro atoms. The monoisotopic (exact) mass is 274 g/mol. The lowest BCUT2D eigenvalue weighted by Gasteiger charge is -2.25. The minimum atomic E-state index is 0.603. The van der Waals surface area contributed by atoms with Crippen LogP contribution in [0, 0.1) is 6.92 Å². The van der Waals surface area contributed by atoms with Crippen LogP contribution in [0.15, 0.2) is 22.8 Å². The smallest absolute Gasteiger partial charge is 0.130 e. The molecule has 2 aromatic rings. The third-order valence-corrected chi connectivity index (χ3v) is 3.87. The molecule has 0 aliphatic heterocycles. The first-order valence-electron chi connectivity index (χ1n) is 7.22. The minimum absolute atomic E-state index is 0.603. The van der Waals surface area contributed by atoms with E-state index in [4.69, 9.17) is 10.2 Å². The van der Waals surface area contributed by atoms with E-state index in [-0.39, 0.29) is 0 Å². The molecule has 2 aromatic heterocycles. The summed E-state index contributed by atoms with van der Waals surface area (Å²) in [5, 5.41) is 4.58. The highest BCUT2D eigenvalue weighted by atomic mass is 16.3.